The van der Waals surface area contributed by atoms with Crippen molar-refractivity contribution in [3.05, 3.63) is 22.4 Å². The summed E-state index contributed by atoms with van der Waals surface area (Å²) in [7, 11) is 0. The van der Waals surface area contributed by atoms with Gasteiger partial charge in [0.25, 0.3) is 0 Å². The van der Waals surface area contributed by atoms with Crippen molar-refractivity contribution in [3.8, 4) is 0 Å². The van der Waals surface area contributed by atoms with Gasteiger partial charge in [0.05, 0.1) is 11.9 Å². The van der Waals surface area contributed by atoms with Crippen LogP contribution < -0.4 is 5.32 Å². The Labute approximate surface area is 126 Å². The summed E-state index contributed by atoms with van der Waals surface area (Å²) in [6.45, 7) is 4.44. The zero-order valence-corrected chi connectivity index (χ0v) is 13.0. The minimum atomic E-state index is -0.938. The molecule has 0 spiro atoms. The van der Waals surface area contributed by atoms with Gasteiger partial charge in [-0.3, -0.25) is 4.90 Å². The number of carboxylic acids is 1. The van der Waals surface area contributed by atoms with Crippen molar-refractivity contribution < 1.29 is 14.7 Å². The highest BCUT2D eigenvalue weighted by Crippen LogP contribution is 2.34. The molecule has 2 atom stereocenters. The molecule has 0 bridgehead atoms. The highest BCUT2D eigenvalue weighted by molar-refractivity contribution is 8.00. The van der Waals surface area contributed by atoms with Crippen molar-refractivity contribution in [3.63, 3.8) is 0 Å². The van der Waals surface area contributed by atoms with Crippen LogP contribution in [0.5, 0.6) is 0 Å². The fraction of sp³-hybridized carbons (Fsp3) is 0.538. The molecule has 2 N–H and O–H groups in total. The normalized spacial score (nSPS) is 22.2. The third-order valence-electron chi connectivity index (χ3n) is 3.12. The number of nitrogens with one attached hydrogen (secondary N) is 1. The lowest BCUT2D eigenvalue weighted by Crippen LogP contribution is -2.51. The molecule has 0 aromatic carbocycles. The average molecular weight is 314 g/mol. The number of carbonyl (C=O) groups excluding carboxylic acids is 1. The third-order valence-corrected chi connectivity index (χ3v) is 5.62. The number of hydrogen-bond donors (Lipinski definition) is 2. The first-order chi connectivity index (χ1) is 9.50. The van der Waals surface area contributed by atoms with Gasteiger partial charge in [-0.1, -0.05) is 19.9 Å². The second kappa shape index (κ2) is 6.49. The molecule has 1 aromatic heterocycles. The van der Waals surface area contributed by atoms with E-state index in [1.807, 2.05) is 31.4 Å². The minimum absolute atomic E-state index is 0.0839. The molecule has 0 radical (unpaired) electrons. The van der Waals surface area contributed by atoms with Crippen molar-refractivity contribution in [1.29, 1.82) is 0 Å². The summed E-state index contributed by atoms with van der Waals surface area (Å²) in [6.07, 6.45) is 0. The number of urea groups is 1. The van der Waals surface area contributed by atoms with E-state index in [9.17, 15) is 14.7 Å². The van der Waals surface area contributed by atoms with Gasteiger partial charge in [-0.25, -0.2) is 9.59 Å². The first-order valence-corrected chi connectivity index (χ1v) is 8.36. The first kappa shape index (κ1) is 15.2. The summed E-state index contributed by atoms with van der Waals surface area (Å²) in [5.41, 5.74) is 0. The SMILES string of the molecule is CC(C)C1SCC(C(=O)O)N1C(=O)NCc1cccs1. The molecule has 5 nitrogen and oxygen atoms in total. The largest absolute Gasteiger partial charge is 0.480 e. The highest BCUT2D eigenvalue weighted by atomic mass is 32.2. The lowest BCUT2D eigenvalue weighted by Gasteiger charge is -2.29. The number of rotatable bonds is 4. The molecule has 1 aliphatic rings. The van der Waals surface area contributed by atoms with E-state index in [1.54, 1.807) is 11.3 Å². The van der Waals surface area contributed by atoms with Gasteiger partial charge in [0, 0.05) is 10.6 Å². The summed E-state index contributed by atoms with van der Waals surface area (Å²) >= 11 is 3.10. The van der Waals surface area contributed by atoms with E-state index < -0.39 is 12.0 Å². The van der Waals surface area contributed by atoms with Gasteiger partial charge < -0.3 is 10.4 Å². The van der Waals surface area contributed by atoms with Crippen LogP contribution in [-0.4, -0.2) is 39.2 Å². The maximum Gasteiger partial charge on any atom is 0.327 e. The molecular weight excluding hydrogens is 296 g/mol. The Morgan fingerprint density at radius 3 is 2.85 bits per heavy atom. The predicted molar refractivity (Wildman–Crippen MR) is 80.9 cm³/mol. The van der Waals surface area contributed by atoms with Crippen molar-refractivity contribution in [2.75, 3.05) is 5.75 Å². The van der Waals surface area contributed by atoms with Crippen LogP contribution in [0.4, 0.5) is 4.79 Å². The van der Waals surface area contributed by atoms with Gasteiger partial charge >= 0.3 is 12.0 Å². The monoisotopic (exact) mass is 314 g/mol. The third kappa shape index (κ3) is 3.27. The quantitative estimate of drug-likeness (QED) is 0.895. The summed E-state index contributed by atoms with van der Waals surface area (Å²) < 4.78 is 0. The Kier molecular flexibility index (Phi) is 4.93. The Morgan fingerprint density at radius 1 is 1.55 bits per heavy atom. The summed E-state index contributed by atoms with van der Waals surface area (Å²) in [5.74, 6) is -0.270. The molecule has 1 saturated heterocycles. The number of hydrogen-bond acceptors (Lipinski definition) is 4. The second-order valence-electron chi connectivity index (χ2n) is 4.97. The van der Waals surface area contributed by atoms with E-state index in [-0.39, 0.29) is 17.3 Å². The fourth-order valence-electron chi connectivity index (χ4n) is 2.16. The molecule has 0 saturated carbocycles. The lowest BCUT2D eigenvalue weighted by molar-refractivity contribution is -0.141. The Balaban J connectivity index is 2.04. The van der Waals surface area contributed by atoms with Crippen molar-refractivity contribution in [2.24, 2.45) is 5.92 Å². The topological polar surface area (TPSA) is 69.6 Å². The molecule has 1 fully saturated rings. The molecular formula is C13H18N2O3S2. The summed E-state index contributed by atoms with van der Waals surface area (Å²) in [6, 6.07) is 2.83. The molecule has 2 heterocycles. The molecule has 110 valence electrons. The van der Waals surface area contributed by atoms with E-state index in [0.717, 1.165) is 4.88 Å². The zero-order chi connectivity index (χ0) is 14.7. The number of amides is 2. The van der Waals surface area contributed by atoms with Gasteiger partial charge in [0.2, 0.25) is 0 Å². The Bertz CT molecular complexity index is 476. The average Bonchev–Trinajstić information content (AvgIpc) is 3.04. The van der Waals surface area contributed by atoms with Crippen LogP contribution in [0, 0.1) is 5.92 Å². The Hall–Kier alpha value is -1.21. The van der Waals surface area contributed by atoms with Crippen molar-refractivity contribution >= 4 is 35.1 Å². The zero-order valence-electron chi connectivity index (χ0n) is 11.4. The molecule has 20 heavy (non-hydrogen) atoms. The van der Waals surface area contributed by atoms with Crippen LogP contribution in [0.1, 0.15) is 18.7 Å². The van der Waals surface area contributed by atoms with Crippen LogP contribution in [0.2, 0.25) is 0 Å². The molecule has 2 rings (SSSR count). The van der Waals surface area contributed by atoms with Gasteiger partial charge in [-0.05, 0) is 17.4 Å². The van der Waals surface area contributed by atoms with Crippen LogP contribution in [-0.2, 0) is 11.3 Å². The molecule has 7 heteroatoms. The van der Waals surface area contributed by atoms with Crippen LogP contribution in [0.25, 0.3) is 0 Å². The van der Waals surface area contributed by atoms with Gasteiger partial charge in [-0.2, -0.15) is 0 Å². The van der Waals surface area contributed by atoms with Gasteiger partial charge in [0.15, 0.2) is 0 Å². The molecule has 1 aromatic rings. The summed E-state index contributed by atoms with van der Waals surface area (Å²) in [4.78, 5) is 26.1. The summed E-state index contributed by atoms with van der Waals surface area (Å²) in [5, 5.41) is 13.9. The number of carbonyl (C=O) groups is 2. The van der Waals surface area contributed by atoms with Crippen molar-refractivity contribution in [2.45, 2.75) is 31.8 Å². The number of aliphatic carboxylic acids is 1. The smallest absolute Gasteiger partial charge is 0.327 e. The van der Waals surface area contributed by atoms with Gasteiger partial charge in [0.1, 0.15) is 6.04 Å². The Morgan fingerprint density at radius 2 is 2.30 bits per heavy atom. The number of carboxylic acid groups (broad SMARTS) is 1. The first-order valence-electron chi connectivity index (χ1n) is 6.43. The molecule has 2 amide bonds. The number of nitrogens with zero attached hydrogens (tertiary/aromatic N) is 1. The number of thioether (sulfide) groups is 1. The number of thiophene rings is 1. The van der Waals surface area contributed by atoms with E-state index in [0.29, 0.717) is 12.3 Å². The van der Waals surface area contributed by atoms with Crippen LogP contribution >= 0.6 is 23.1 Å². The minimum Gasteiger partial charge on any atom is -0.480 e. The van der Waals surface area contributed by atoms with Crippen molar-refractivity contribution in [1.82, 2.24) is 10.2 Å². The van der Waals surface area contributed by atoms with Gasteiger partial charge in [-0.15, -0.1) is 23.1 Å². The lowest BCUT2D eigenvalue weighted by atomic mass is 10.2. The molecule has 2 unspecified atom stereocenters. The molecule has 1 aliphatic heterocycles. The predicted octanol–water partition coefficient (Wildman–Crippen LogP) is 2.44. The van der Waals surface area contributed by atoms with E-state index in [2.05, 4.69) is 5.32 Å². The second-order valence-corrected chi connectivity index (χ2v) is 7.15. The van der Waals surface area contributed by atoms with Crippen LogP contribution in [0.15, 0.2) is 17.5 Å². The van der Waals surface area contributed by atoms with E-state index >= 15 is 0 Å². The molecule has 0 aliphatic carbocycles. The van der Waals surface area contributed by atoms with E-state index in [1.165, 1.54) is 16.7 Å². The van der Waals surface area contributed by atoms with E-state index in [4.69, 9.17) is 0 Å². The standard InChI is InChI=1S/C13H18N2O3S2/c1-8(2)11-15(10(7-20-11)12(16)17)13(18)14-6-9-4-3-5-19-9/h3-5,8,10-11H,6-7H2,1-2H3,(H,14,18)(H,16,17). The maximum atomic E-state index is 12.3. The fourth-order valence-corrected chi connectivity index (χ4v) is 4.27. The highest BCUT2D eigenvalue weighted by Gasteiger charge is 2.42. The maximum absolute atomic E-state index is 12.3. The van der Waals surface area contributed by atoms with Crippen LogP contribution in [0.3, 0.4) is 0 Å².